The summed E-state index contributed by atoms with van der Waals surface area (Å²) in [5.74, 6) is 0.894. The maximum Gasteiger partial charge on any atom is 0.339 e. The van der Waals surface area contributed by atoms with E-state index in [1.165, 1.54) is 7.11 Å². The molecule has 0 amide bonds. The lowest BCUT2D eigenvalue weighted by Gasteiger charge is -2.19. The fraction of sp³-hybridized carbons (Fsp3) is 0.333. The van der Waals surface area contributed by atoms with Crippen molar-refractivity contribution in [1.82, 2.24) is 5.32 Å². The molecular weight excluding hydrogens is 412 g/mol. The molecule has 2 N–H and O–H groups in total. The van der Waals surface area contributed by atoms with E-state index in [0.717, 1.165) is 5.56 Å². The minimum atomic E-state index is -0.510. The average molecular weight is 437 g/mol. The summed E-state index contributed by atoms with van der Waals surface area (Å²) in [6.45, 7) is 6.96. The van der Waals surface area contributed by atoms with Gasteiger partial charge >= 0.3 is 5.97 Å². The van der Waals surface area contributed by atoms with Gasteiger partial charge < -0.3 is 24.8 Å². The van der Waals surface area contributed by atoms with Crippen LogP contribution in [-0.4, -0.2) is 31.4 Å². The number of nitrogens with one attached hydrogen (secondary N) is 2. The lowest BCUT2D eigenvalue weighted by molar-refractivity contribution is 0.0601. The lowest BCUT2D eigenvalue weighted by Crippen LogP contribution is -2.31. The highest BCUT2D eigenvalue weighted by atomic mass is 35.5. The van der Waals surface area contributed by atoms with E-state index in [2.05, 4.69) is 10.6 Å². The number of rotatable bonds is 8. The molecule has 0 aliphatic rings. The van der Waals surface area contributed by atoms with E-state index < -0.39 is 5.97 Å². The quantitative estimate of drug-likeness (QED) is 0.447. The number of ether oxygens (including phenoxy) is 3. The first-order valence-electron chi connectivity index (χ1n) is 9.24. The molecule has 0 aliphatic carbocycles. The fourth-order valence-electron chi connectivity index (χ4n) is 2.65. The molecule has 0 saturated heterocycles. The predicted molar refractivity (Wildman–Crippen MR) is 119 cm³/mol. The van der Waals surface area contributed by atoms with Gasteiger partial charge in [0.25, 0.3) is 0 Å². The summed E-state index contributed by atoms with van der Waals surface area (Å²) in [7, 11) is 1.31. The molecule has 0 aromatic heterocycles. The van der Waals surface area contributed by atoms with E-state index in [1.54, 1.807) is 18.2 Å². The summed E-state index contributed by atoms with van der Waals surface area (Å²) < 4.78 is 16.0. The molecule has 0 aliphatic heterocycles. The number of anilines is 1. The van der Waals surface area contributed by atoms with Gasteiger partial charge in [-0.1, -0.05) is 17.7 Å². The zero-order chi connectivity index (χ0) is 21.4. The van der Waals surface area contributed by atoms with E-state index >= 15 is 0 Å². The van der Waals surface area contributed by atoms with Crippen molar-refractivity contribution in [3.05, 3.63) is 52.5 Å². The maximum absolute atomic E-state index is 11.8. The molecule has 2 rings (SSSR count). The summed E-state index contributed by atoms with van der Waals surface area (Å²) in [6, 6.07) is 10.6. The third-order valence-electron chi connectivity index (χ3n) is 4.04. The summed E-state index contributed by atoms with van der Waals surface area (Å²) in [5.41, 5.74) is 1.89. The molecule has 0 saturated carbocycles. The van der Waals surface area contributed by atoms with Crippen LogP contribution in [0.15, 0.2) is 36.4 Å². The molecule has 0 spiro atoms. The largest absolute Gasteiger partial charge is 0.490 e. The van der Waals surface area contributed by atoms with Gasteiger partial charge in [0.2, 0.25) is 0 Å². The molecular formula is C21H25ClN2O4S. The summed E-state index contributed by atoms with van der Waals surface area (Å²) in [5, 5.41) is 6.99. The van der Waals surface area contributed by atoms with Crippen LogP contribution >= 0.6 is 23.8 Å². The second-order valence-corrected chi connectivity index (χ2v) is 6.89. The van der Waals surface area contributed by atoms with Crippen molar-refractivity contribution in [2.75, 3.05) is 25.6 Å². The molecule has 29 heavy (non-hydrogen) atoms. The van der Waals surface area contributed by atoms with Gasteiger partial charge in [0.15, 0.2) is 16.6 Å². The Bertz CT molecular complexity index is 876. The van der Waals surface area contributed by atoms with Crippen LogP contribution in [0.2, 0.25) is 5.02 Å². The highest BCUT2D eigenvalue weighted by Gasteiger charge is 2.14. The SMILES string of the molecule is CCOc1ccc([C@@H](C)NC(=S)Nc2ccc(Cl)c(C(=O)OC)c2)cc1OCC. The van der Waals surface area contributed by atoms with Gasteiger partial charge in [0.05, 0.1) is 37.0 Å². The number of hydrogen-bond donors (Lipinski definition) is 2. The highest BCUT2D eigenvalue weighted by Crippen LogP contribution is 2.31. The number of carbonyl (C=O) groups excluding carboxylic acids is 1. The lowest BCUT2D eigenvalue weighted by atomic mass is 10.1. The average Bonchev–Trinajstić information content (AvgIpc) is 2.70. The Kier molecular flexibility index (Phi) is 8.54. The first-order valence-corrected chi connectivity index (χ1v) is 10.0. The molecule has 2 aromatic rings. The topological polar surface area (TPSA) is 68.8 Å². The fourth-order valence-corrected chi connectivity index (χ4v) is 3.14. The number of halogens is 1. The van der Waals surface area contributed by atoms with Crippen LogP contribution < -0.4 is 20.1 Å². The second kappa shape index (κ2) is 10.9. The van der Waals surface area contributed by atoms with Crippen LogP contribution in [0.25, 0.3) is 0 Å². The minimum Gasteiger partial charge on any atom is -0.490 e. The van der Waals surface area contributed by atoms with Gasteiger partial charge in [0, 0.05) is 5.69 Å². The van der Waals surface area contributed by atoms with Crippen molar-refractivity contribution in [3.63, 3.8) is 0 Å². The molecule has 2 aromatic carbocycles. The molecule has 156 valence electrons. The second-order valence-electron chi connectivity index (χ2n) is 6.08. The number of esters is 1. The van der Waals surface area contributed by atoms with Crippen LogP contribution in [0.1, 0.15) is 42.7 Å². The van der Waals surface area contributed by atoms with Crippen molar-refractivity contribution >= 4 is 40.6 Å². The molecule has 0 unspecified atom stereocenters. The zero-order valence-electron chi connectivity index (χ0n) is 16.9. The first kappa shape index (κ1) is 22.8. The van der Waals surface area contributed by atoms with E-state index in [4.69, 9.17) is 38.0 Å². The Morgan fingerprint density at radius 1 is 1.10 bits per heavy atom. The monoisotopic (exact) mass is 436 g/mol. The summed E-state index contributed by atoms with van der Waals surface area (Å²) in [6.07, 6.45) is 0. The van der Waals surface area contributed by atoms with Crippen molar-refractivity contribution in [2.45, 2.75) is 26.8 Å². The van der Waals surface area contributed by atoms with Crippen molar-refractivity contribution < 1.29 is 19.0 Å². The zero-order valence-corrected chi connectivity index (χ0v) is 18.4. The van der Waals surface area contributed by atoms with Gasteiger partial charge in [-0.05, 0) is 68.9 Å². The summed E-state index contributed by atoms with van der Waals surface area (Å²) >= 11 is 11.5. The van der Waals surface area contributed by atoms with Gasteiger partial charge in [-0.2, -0.15) is 0 Å². The normalized spacial score (nSPS) is 11.3. The summed E-state index contributed by atoms with van der Waals surface area (Å²) in [4.78, 5) is 11.8. The standard InChI is InChI=1S/C21H25ClN2O4S/c1-5-27-18-10-7-14(11-19(18)28-6-2)13(3)23-21(29)24-15-8-9-17(22)16(12-15)20(25)26-4/h7-13H,5-6H2,1-4H3,(H2,23,24,29)/t13-/m1/s1. The molecule has 6 nitrogen and oxygen atoms in total. The highest BCUT2D eigenvalue weighted by molar-refractivity contribution is 7.80. The van der Waals surface area contributed by atoms with Crippen molar-refractivity contribution in [3.8, 4) is 11.5 Å². The molecule has 8 heteroatoms. The van der Waals surface area contributed by atoms with Crippen LogP contribution in [0.4, 0.5) is 5.69 Å². The molecule has 1 atom stereocenters. The Morgan fingerprint density at radius 3 is 2.45 bits per heavy atom. The maximum atomic E-state index is 11.8. The van der Waals surface area contributed by atoms with E-state index in [9.17, 15) is 4.79 Å². The Morgan fingerprint density at radius 2 is 1.79 bits per heavy atom. The van der Waals surface area contributed by atoms with Crippen LogP contribution in [0.3, 0.4) is 0 Å². The minimum absolute atomic E-state index is 0.0859. The van der Waals surface area contributed by atoms with Crippen LogP contribution in [0.5, 0.6) is 11.5 Å². The third-order valence-corrected chi connectivity index (χ3v) is 4.59. The third kappa shape index (κ3) is 6.24. The van der Waals surface area contributed by atoms with E-state index in [0.29, 0.717) is 40.5 Å². The molecule has 0 bridgehead atoms. The number of thiocarbonyl (C=S) groups is 1. The van der Waals surface area contributed by atoms with Gasteiger partial charge in [-0.15, -0.1) is 0 Å². The number of methoxy groups -OCH3 is 1. The van der Waals surface area contributed by atoms with Gasteiger partial charge in [0.1, 0.15) is 0 Å². The van der Waals surface area contributed by atoms with Crippen LogP contribution in [-0.2, 0) is 4.74 Å². The van der Waals surface area contributed by atoms with Crippen LogP contribution in [0, 0.1) is 0 Å². The van der Waals surface area contributed by atoms with E-state index in [-0.39, 0.29) is 11.6 Å². The Hall–Kier alpha value is -2.51. The number of hydrogen-bond acceptors (Lipinski definition) is 5. The van der Waals surface area contributed by atoms with Crippen molar-refractivity contribution in [2.24, 2.45) is 0 Å². The molecule has 0 fully saturated rings. The Labute approximate surface area is 181 Å². The van der Waals surface area contributed by atoms with Crippen molar-refractivity contribution in [1.29, 1.82) is 0 Å². The smallest absolute Gasteiger partial charge is 0.339 e. The molecule has 0 radical (unpaired) electrons. The Balaban J connectivity index is 2.09. The van der Waals surface area contributed by atoms with Gasteiger partial charge in [-0.25, -0.2) is 4.79 Å². The van der Waals surface area contributed by atoms with E-state index in [1.807, 2.05) is 39.0 Å². The first-order chi connectivity index (χ1) is 13.9. The molecule has 0 heterocycles. The predicted octanol–water partition coefficient (Wildman–Crippen LogP) is 4.97. The number of carbonyl (C=O) groups is 1. The number of benzene rings is 2. The van der Waals surface area contributed by atoms with Gasteiger partial charge in [-0.3, -0.25) is 0 Å².